The van der Waals surface area contributed by atoms with Crippen molar-refractivity contribution in [2.75, 3.05) is 33.9 Å². The molecule has 0 aromatic rings. The number of nitrogens with two attached hydrogens (primary N) is 1. The summed E-state index contributed by atoms with van der Waals surface area (Å²) in [6, 6.07) is 0. The maximum Gasteiger partial charge on any atom is 0.330 e. The number of nitrogens with zero attached hydrogens (tertiary/aromatic N) is 1. The van der Waals surface area contributed by atoms with Gasteiger partial charge in [-0.25, -0.2) is 4.79 Å². The Bertz CT molecular complexity index is 190. The fourth-order valence-electron chi connectivity index (χ4n) is 0.637. The van der Waals surface area contributed by atoms with Crippen LogP contribution in [0.2, 0.25) is 0 Å². The standard InChI is InChI=1S/C8H16N2O3/c1-10(2)3-4-13-6-7(9)5-8(11)12/h5H,3-4,6,9H2,1-2H3,(H,11,12)/b7-5-. The van der Waals surface area contributed by atoms with Gasteiger partial charge in [0.15, 0.2) is 0 Å². The average Bonchev–Trinajstić information content (AvgIpc) is 1.96. The zero-order valence-corrected chi connectivity index (χ0v) is 7.99. The molecule has 0 aromatic carbocycles. The van der Waals surface area contributed by atoms with Crippen LogP contribution in [0.15, 0.2) is 11.8 Å². The second-order valence-corrected chi connectivity index (χ2v) is 2.91. The number of hydrogen-bond acceptors (Lipinski definition) is 4. The number of hydrogen-bond donors (Lipinski definition) is 2. The molecule has 0 aromatic heterocycles. The molecule has 0 fully saturated rings. The molecule has 0 unspecified atom stereocenters. The van der Waals surface area contributed by atoms with E-state index < -0.39 is 5.97 Å². The van der Waals surface area contributed by atoms with Gasteiger partial charge in [-0.05, 0) is 14.1 Å². The van der Waals surface area contributed by atoms with Crippen LogP contribution in [0.25, 0.3) is 0 Å². The van der Waals surface area contributed by atoms with Gasteiger partial charge in [0.25, 0.3) is 0 Å². The average molecular weight is 188 g/mol. The fourth-order valence-corrected chi connectivity index (χ4v) is 0.637. The van der Waals surface area contributed by atoms with Crippen molar-refractivity contribution >= 4 is 5.97 Å². The maximum atomic E-state index is 10.1. The third kappa shape index (κ3) is 8.84. The highest BCUT2D eigenvalue weighted by atomic mass is 16.5. The van der Waals surface area contributed by atoms with Crippen LogP contribution in [-0.2, 0) is 9.53 Å². The third-order valence-corrected chi connectivity index (χ3v) is 1.26. The highest BCUT2D eigenvalue weighted by molar-refractivity contribution is 5.80. The van der Waals surface area contributed by atoms with Crippen LogP contribution in [0, 0.1) is 0 Å². The van der Waals surface area contributed by atoms with E-state index in [1.54, 1.807) is 0 Å². The molecule has 0 aliphatic rings. The molecular weight excluding hydrogens is 172 g/mol. The quantitative estimate of drug-likeness (QED) is 0.434. The number of carbonyl (C=O) groups is 1. The molecule has 0 aliphatic carbocycles. The molecule has 3 N–H and O–H groups in total. The van der Waals surface area contributed by atoms with E-state index in [0.717, 1.165) is 12.6 Å². The Kier molecular flexibility index (Phi) is 5.92. The van der Waals surface area contributed by atoms with Crippen LogP contribution in [-0.4, -0.2) is 49.8 Å². The van der Waals surface area contributed by atoms with Crippen LogP contribution in [0.5, 0.6) is 0 Å². The van der Waals surface area contributed by atoms with Gasteiger partial charge in [0.2, 0.25) is 0 Å². The lowest BCUT2D eigenvalue weighted by Gasteiger charge is -2.09. The van der Waals surface area contributed by atoms with Crippen molar-refractivity contribution in [1.82, 2.24) is 4.90 Å². The first kappa shape index (κ1) is 11.9. The van der Waals surface area contributed by atoms with Crippen LogP contribution in [0.4, 0.5) is 0 Å². The van der Waals surface area contributed by atoms with E-state index in [1.807, 2.05) is 19.0 Å². The Morgan fingerprint density at radius 1 is 1.62 bits per heavy atom. The van der Waals surface area contributed by atoms with Crippen molar-refractivity contribution in [2.45, 2.75) is 0 Å². The molecule has 76 valence electrons. The van der Waals surface area contributed by atoms with Crippen molar-refractivity contribution in [2.24, 2.45) is 5.73 Å². The number of ether oxygens (including phenoxy) is 1. The van der Waals surface area contributed by atoms with E-state index in [1.165, 1.54) is 0 Å². The van der Waals surface area contributed by atoms with Gasteiger partial charge < -0.3 is 20.5 Å². The first-order valence-electron chi connectivity index (χ1n) is 3.94. The van der Waals surface area contributed by atoms with Crippen LogP contribution < -0.4 is 5.73 Å². The molecule has 0 bridgehead atoms. The summed E-state index contributed by atoms with van der Waals surface area (Å²) in [5.74, 6) is -1.05. The van der Waals surface area contributed by atoms with Crippen molar-refractivity contribution in [3.63, 3.8) is 0 Å². The topological polar surface area (TPSA) is 75.8 Å². The maximum absolute atomic E-state index is 10.1. The first-order valence-corrected chi connectivity index (χ1v) is 3.94. The molecule has 0 saturated heterocycles. The van der Waals surface area contributed by atoms with E-state index in [2.05, 4.69) is 0 Å². The zero-order valence-electron chi connectivity index (χ0n) is 7.99. The molecule has 0 amide bonds. The Balaban J connectivity index is 3.48. The predicted molar refractivity (Wildman–Crippen MR) is 49.3 cm³/mol. The van der Waals surface area contributed by atoms with Crippen LogP contribution in [0.3, 0.4) is 0 Å². The largest absolute Gasteiger partial charge is 0.478 e. The second kappa shape index (κ2) is 6.45. The van der Waals surface area contributed by atoms with Gasteiger partial charge in [-0.2, -0.15) is 0 Å². The minimum absolute atomic E-state index is 0.167. The number of carboxylic acids is 1. The zero-order chi connectivity index (χ0) is 10.3. The smallest absolute Gasteiger partial charge is 0.330 e. The molecule has 0 aliphatic heterocycles. The number of rotatable bonds is 6. The van der Waals surface area contributed by atoms with Gasteiger partial charge in [-0.1, -0.05) is 0 Å². The minimum Gasteiger partial charge on any atom is -0.478 e. The van der Waals surface area contributed by atoms with Crippen molar-refractivity contribution in [1.29, 1.82) is 0 Å². The SMILES string of the molecule is CN(C)CCOC/C(N)=C/C(=O)O. The molecule has 0 spiro atoms. The summed E-state index contributed by atoms with van der Waals surface area (Å²) < 4.78 is 5.11. The highest BCUT2D eigenvalue weighted by Gasteiger charge is 1.95. The van der Waals surface area contributed by atoms with Gasteiger partial charge in [-0.15, -0.1) is 0 Å². The molecule has 13 heavy (non-hydrogen) atoms. The summed E-state index contributed by atoms with van der Waals surface area (Å²) in [6.45, 7) is 1.50. The molecule has 5 heteroatoms. The minimum atomic E-state index is -1.05. The summed E-state index contributed by atoms with van der Waals surface area (Å²) >= 11 is 0. The molecule has 0 heterocycles. The summed E-state index contributed by atoms with van der Waals surface area (Å²) in [7, 11) is 3.86. The van der Waals surface area contributed by atoms with Gasteiger partial charge >= 0.3 is 5.97 Å². The molecule has 0 radical (unpaired) electrons. The van der Waals surface area contributed by atoms with Crippen molar-refractivity contribution in [3.8, 4) is 0 Å². The van der Waals surface area contributed by atoms with Gasteiger partial charge in [0, 0.05) is 18.3 Å². The highest BCUT2D eigenvalue weighted by Crippen LogP contribution is 1.86. The normalized spacial score (nSPS) is 12.1. The lowest BCUT2D eigenvalue weighted by atomic mass is 10.4. The van der Waals surface area contributed by atoms with E-state index in [-0.39, 0.29) is 12.3 Å². The van der Waals surface area contributed by atoms with E-state index in [4.69, 9.17) is 15.6 Å². The van der Waals surface area contributed by atoms with Gasteiger partial charge in [-0.3, -0.25) is 0 Å². The molecule has 5 nitrogen and oxygen atoms in total. The summed E-state index contributed by atoms with van der Waals surface area (Å²) in [5, 5.41) is 8.31. The Labute approximate surface area is 77.8 Å². The molecule has 0 atom stereocenters. The summed E-state index contributed by atoms with van der Waals surface area (Å²) in [6.07, 6.45) is 0.940. The number of aliphatic carboxylic acids is 1. The fraction of sp³-hybridized carbons (Fsp3) is 0.625. The molecule has 0 rings (SSSR count). The third-order valence-electron chi connectivity index (χ3n) is 1.26. The number of likely N-dealkylation sites (N-methyl/N-ethyl adjacent to an activating group) is 1. The van der Waals surface area contributed by atoms with E-state index in [9.17, 15) is 4.79 Å². The molecular formula is C8H16N2O3. The predicted octanol–water partition coefficient (Wildman–Crippen LogP) is -0.508. The van der Waals surface area contributed by atoms with E-state index in [0.29, 0.717) is 6.61 Å². The summed E-state index contributed by atoms with van der Waals surface area (Å²) in [5.41, 5.74) is 5.56. The van der Waals surface area contributed by atoms with Crippen molar-refractivity contribution in [3.05, 3.63) is 11.8 Å². The number of carboxylic acid groups (broad SMARTS) is 1. The first-order chi connectivity index (χ1) is 6.02. The second-order valence-electron chi connectivity index (χ2n) is 2.91. The van der Waals surface area contributed by atoms with Crippen LogP contribution >= 0.6 is 0 Å². The van der Waals surface area contributed by atoms with Gasteiger partial charge in [0.1, 0.15) is 0 Å². The van der Waals surface area contributed by atoms with E-state index >= 15 is 0 Å². The Morgan fingerprint density at radius 2 is 2.23 bits per heavy atom. The van der Waals surface area contributed by atoms with Gasteiger partial charge in [0.05, 0.1) is 13.2 Å². The van der Waals surface area contributed by atoms with Crippen molar-refractivity contribution < 1.29 is 14.6 Å². The Morgan fingerprint density at radius 3 is 2.69 bits per heavy atom. The molecule has 0 saturated carbocycles. The lowest BCUT2D eigenvalue weighted by molar-refractivity contribution is -0.131. The Hall–Kier alpha value is -1.07. The lowest BCUT2D eigenvalue weighted by Crippen LogP contribution is -2.19. The van der Waals surface area contributed by atoms with Crippen LogP contribution in [0.1, 0.15) is 0 Å². The monoisotopic (exact) mass is 188 g/mol. The summed E-state index contributed by atoms with van der Waals surface area (Å²) in [4.78, 5) is 12.1.